The summed E-state index contributed by atoms with van der Waals surface area (Å²) in [7, 11) is 0. The minimum atomic E-state index is -0.189. The average Bonchev–Trinajstić information content (AvgIpc) is 2.35. The van der Waals surface area contributed by atoms with Crippen molar-refractivity contribution in [2.24, 2.45) is 0 Å². The van der Waals surface area contributed by atoms with E-state index >= 15 is 0 Å². The van der Waals surface area contributed by atoms with Gasteiger partial charge in [-0.15, -0.1) is 0 Å². The molecule has 94 valence electrons. The second-order valence-corrected chi connectivity index (χ2v) is 4.70. The van der Waals surface area contributed by atoms with E-state index < -0.39 is 0 Å². The maximum Gasteiger partial charge on any atom is 0.256 e. The maximum atomic E-state index is 11.6. The second-order valence-electron chi connectivity index (χ2n) is 4.70. The Morgan fingerprint density at radius 1 is 1.22 bits per heavy atom. The lowest BCUT2D eigenvalue weighted by molar-refractivity contribution is 0.867. The number of hydrogen-bond acceptors (Lipinski definition) is 3. The van der Waals surface area contributed by atoms with Crippen LogP contribution in [0.3, 0.4) is 0 Å². The van der Waals surface area contributed by atoms with Gasteiger partial charge < -0.3 is 10.7 Å². The lowest BCUT2D eigenvalue weighted by atomic mass is 10.0. The quantitative estimate of drug-likeness (QED) is 0.851. The summed E-state index contributed by atoms with van der Waals surface area (Å²) in [5, 5.41) is 0. The number of anilines is 1. The summed E-state index contributed by atoms with van der Waals surface area (Å²) in [6.45, 7) is 5.94. The Morgan fingerprint density at radius 2 is 1.83 bits per heavy atom. The van der Waals surface area contributed by atoms with Crippen LogP contribution in [0.1, 0.15) is 30.9 Å². The lowest BCUT2D eigenvalue weighted by Gasteiger charge is -2.07. The molecular formula is C14H17N3O. The predicted octanol–water partition coefficient (Wildman–Crippen LogP) is 2.45. The molecule has 0 fully saturated rings. The highest BCUT2D eigenvalue weighted by molar-refractivity contribution is 5.58. The monoisotopic (exact) mass is 243 g/mol. The van der Waals surface area contributed by atoms with E-state index in [1.807, 2.05) is 24.3 Å². The van der Waals surface area contributed by atoms with Crippen LogP contribution in [-0.4, -0.2) is 9.97 Å². The molecule has 0 atom stereocenters. The van der Waals surface area contributed by atoms with Crippen LogP contribution in [0, 0.1) is 6.92 Å². The number of nitrogens with zero attached hydrogens (tertiary/aromatic N) is 1. The normalized spacial score (nSPS) is 10.9. The first kappa shape index (κ1) is 12.4. The molecule has 3 N–H and O–H groups in total. The van der Waals surface area contributed by atoms with Gasteiger partial charge in [0.15, 0.2) is 0 Å². The number of nitrogen functional groups attached to an aromatic ring is 1. The lowest BCUT2D eigenvalue weighted by Crippen LogP contribution is -2.15. The molecule has 0 aliphatic heterocycles. The zero-order valence-electron chi connectivity index (χ0n) is 10.8. The van der Waals surface area contributed by atoms with Crippen LogP contribution < -0.4 is 11.3 Å². The van der Waals surface area contributed by atoms with E-state index in [0.29, 0.717) is 17.3 Å². The summed E-state index contributed by atoms with van der Waals surface area (Å²) in [5.41, 5.74) is 8.09. The molecule has 0 saturated carbocycles. The summed E-state index contributed by atoms with van der Waals surface area (Å²) >= 11 is 0. The van der Waals surface area contributed by atoms with Gasteiger partial charge in [-0.2, -0.15) is 0 Å². The molecule has 4 heteroatoms. The fourth-order valence-electron chi connectivity index (χ4n) is 1.71. The Hall–Kier alpha value is -2.10. The molecule has 0 amide bonds. The Bertz CT molecular complexity index is 612. The van der Waals surface area contributed by atoms with Gasteiger partial charge in [0.1, 0.15) is 11.6 Å². The van der Waals surface area contributed by atoms with Crippen molar-refractivity contribution in [2.45, 2.75) is 26.7 Å². The molecule has 1 heterocycles. The summed E-state index contributed by atoms with van der Waals surface area (Å²) in [5.74, 6) is 1.27. The van der Waals surface area contributed by atoms with E-state index in [2.05, 4.69) is 23.8 Å². The molecule has 0 radical (unpaired) electrons. The molecule has 0 bridgehead atoms. The first-order valence-corrected chi connectivity index (χ1v) is 5.95. The van der Waals surface area contributed by atoms with E-state index in [1.165, 1.54) is 5.56 Å². The number of H-pyrrole nitrogens is 1. The van der Waals surface area contributed by atoms with Gasteiger partial charge in [-0.1, -0.05) is 38.1 Å². The van der Waals surface area contributed by atoms with E-state index in [1.54, 1.807) is 6.92 Å². The Balaban J connectivity index is 2.46. The number of nitrogens with one attached hydrogen (secondary N) is 1. The third-order valence-electron chi connectivity index (χ3n) is 3.04. The molecule has 0 saturated heterocycles. The maximum absolute atomic E-state index is 11.6. The fourth-order valence-corrected chi connectivity index (χ4v) is 1.71. The molecular weight excluding hydrogens is 226 g/mol. The summed E-state index contributed by atoms with van der Waals surface area (Å²) < 4.78 is 0. The van der Waals surface area contributed by atoms with Crippen molar-refractivity contribution in [1.82, 2.24) is 9.97 Å². The van der Waals surface area contributed by atoms with Gasteiger partial charge in [0.2, 0.25) is 0 Å². The molecule has 0 aliphatic carbocycles. The molecule has 18 heavy (non-hydrogen) atoms. The molecule has 0 aliphatic rings. The van der Waals surface area contributed by atoms with Gasteiger partial charge >= 0.3 is 0 Å². The zero-order valence-corrected chi connectivity index (χ0v) is 10.8. The summed E-state index contributed by atoms with van der Waals surface area (Å²) in [4.78, 5) is 18.6. The Morgan fingerprint density at radius 3 is 2.33 bits per heavy atom. The van der Waals surface area contributed by atoms with Crippen LogP contribution in [0.25, 0.3) is 11.4 Å². The van der Waals surface area contributed by atoms with Crippen LogP contribution in [0.2, 0.25) is 0 Å². The van der Waals surface area contributed by atoms with Gasteiger partial charge in [-0.05, 0) is 18.4 Å². The number of benzene rings is 1. The molecule has 2 aromatic rings. The Kier molecular flexibility index (Phi) is 3.19. The number of rotatable bonds is 2. The highest BCUT2D eigenvalue weighted by Crippen LogP contribution is 2.20. The fraction of sp³-hybridized carbons (Fsp3) is 0.286. The number of aromatic amines is 1. The SMILES string of the molecule is Cc1c(N)nc(-c2ccc(C(C)C)cc2)[nH]c1=O. The number of hydrogen-bond donors (Lipinski definition) is 2. The third-order valence-corrected chi connectivity index (χ3v) is 3.04. The van der Waals surface area contributed by atoms with Gasteiger partial charge in [-0.3, -0.25) is 4.79 Å². The van der Waals surface area contributed by atoms with Crippen LogP contribution in [0.4, 0.5) is 5.82 Å². The number of aromatic nitrogens is 2. The van der Waals surface area contributed by atoms with Crippen LogP contribution in [0.5, 0.6) is 0 Å². The molecule has 1 aromatic carbocycles. The van der Waals surface area contributed by atoms with Crippen LogP contribution in [0.15, 0.2) is 29.1 Å². The predicted molar refractivity (Wildman–Crippen MR) is 73.5 cm³/mol. The van der Waals surface area contributed by atoms with Gasteiger partial charge in [-0.25, -0.2) is 4.98 Å². The van der Waals surface area contributed by atoms with E-state index in [0.717, 1.165) is 5.56 Å². The number of nitrogens with two attached hydrogens (primary N) is 1. The van der Waals surface area contributed by atoms with Crippen molar-refractivity contribution >= 4 is 5.82 Å². The van der Waals surface area contributed by atoms with Crippen molar-refractivity contribution in [3.63, 3.8) is 0 Å². The van der Waals surface area contributed by atoms with Crippen LogP contribution in [-0.2, 0) is 0 Å². The summed E-state index contributed by atoms with van der Waals surface area (Å²) in [6.07, 6.45) is 0. The van der Waals surface area contributed by atoms with Gasteiger partial charge in [0.25, 0.3) is 5.56 Å². The van der Waals surface area contributed by atoms with Crippen molar-refractivity contribution in [3.8, 4) is 11.4 Å². The van der Waals surface area contributed by atoms with Crippen molar-refractivity contribution in [3.05, 3.63) is 45.7 Å². The molecule has 1 aromatic heterocycles. The van der Waals surface area contributed by atoms with Crippen molar-refractivity contribution in [1.29, 1.82) is 0 Å². The van der Waals surface area contributed by atoms with Gasteiger partial charge in [0.05, 0.1) is 5.56 Å². The van der Waals surface area contributed by atoms with E-state index in [9.17, 15) is 4.79 Å². The minimum absolute atomic E-state index is 0.189. The van der Waals surface area contributed by atoms with Gasteiger partial charge in [0, 0.05) is 5.56 Å². The minimum Gasteiger partial charge on any atom is -0.383 e. The van der Waals surface area contributed by atoms with Crippen LogP contribution >= 0.6 is 0 Å². The third kappa shape index (κ3) is 2.27. The smallest absolute Gasteiger partial charge is 0.256 e. The molecule has 0 spiro atoms. The highest BCUT2D eigenvalue weighted by Gasteiger charge is 2.07. The largest absolute Gasteiger partial charge is 0.383 e. The Labute approximate surface area is 106 Å². The second kappa shape index (κ2) is 4.64. The molecule has 0 unspecified atom stereocenters. The first-order valence-electron chi connectivity index (χ1n) is 5.95. The highest BCUT2D eigenvalue weighted by atomic mass is 16.1. The zero-order chi connectivity index (χ0) is 13.3. The molecule has 2 rings (SSSR count). The van der Waals surface area contributed by atoms with Crippen molar-refractivity contribution in [2.75, 3.05) is 5.73 Å². The first-order chi connectivity index (χ1) is 8.49. The summed E-state index contributed by atoms with van der Waals surface area (Å²) in [6, 6.07) is 7.97. The molecule has 4 nitrogen and oxygen atoms in total. The standard InChI is InChI=1S/C14H17N3O/c1-8(2)10-4-6-11(7-5-10)13-16-12(15)9(3)14(18)17-13/h4-8H,1-3H3,(H3,15,16,17,18). The average molecular weight is 243 g/mol. The van der Waals surface area contributed by atoms with E-state index in [-0.39, 0.29) is 11.4 Å². The van der Waals surface area contributed by atoms with Crippen molar-refractivity contribution < 1.29 is 0 Å². The topological polar surface area (TPSA) is 71.8 Å². The van der Waals surface area contributed by atoms with E-state index in [4.69, 9.17) is 5.73 Å².